The molecular weight excluding hydrogens is 244 g/mol. The van der Waals surface area contributed by atoms with E-state index in [-0.39, 0.29) is 0 Å². The fraction of sp³-hybridized carbons (Fsp3) is 0.429. The van der Waals surface area contributed by atoms with Crippen molar-refractivity contribution in [1.29, 1.82) is 0 Å². The standard InChI is InChI=1S/C14H20N2O3/c1-10(15-13(17)19-14(2,3)4)12(16-18)11-8-6-5-7-9-11/h5-10,18H,1-4H3,(H,15,17)/b16-12+/t10-/m0/s1. The number of carbonyl (C=O) groups is 1. The lowest BCUT2D eigenvalue weighted by Crippen LogP contribution is -2.42. The second-order valence-corrected chi connectivity index (χ2v) is 5.22. The maximum absolute atomic E-state index is 11.7. The van der Waals surface area contributed by atoms with Crippen LogP contribution in [0, 0.1) is 0 Å². The molecule has 0 fully saturated rings. The van der Waals surface area contributed by atoms with E-state index in [1.165, 1.54) is 0 Å². The normalized spacial score (nSPS) is 13.8. The van der Waals surface area contributed by atoms with Gasteiger partial charge in [0.15, 0.2) is 0 Å². The number of alkyl carbamates (subject to hydrolysis) is 1. The molecule has 1 aromatic carbocycles. The van der Waals surface area contributed by atoms with Gasteiger partial charge >= 0.3 is 6.09 Å². The zero-order valence-electron chi connectivity index (χ0n) is 11.7. The van der Waals surface area contributed by atoms with Gasteiger partial charge in [0, 0.05) is 5.56 Å². The lowest BCUT2D eigenvalue weighted by Gasteiger charge is -2.22. The highest BCUT2D eigenvalue weighted by atomic mass is 16.6. The number of carbonyl (C=O) groups excluding carboxylic acids is 1. The zero-order chi connectivity index (χ0) is 14.5. The van der Waals surface area contributed by atoms with E-state index in [1.807, 2.05) is 30.3 Å². The first-order valence-corrected chi connectivity index (χ1v) is 6.10. The second kappa shape index (κ2) is 6.22. The number of rotatable bonds is 3. The van der Waals surface area contributed by atoms with E-state index in [1.54, 1.807) is 27.7 Å². The average molecular weight is 264 g/mol. The topological polar surface area (TPSA) is 70.9 Å². The minimum Gasteiger partial charge on any atom is -0.444 e. The summed E-state index contributed by atoms with van der Waals surface area (Å²) in [4.78, 5) is 11.7. The molecule has 0 aromatic heterocycles. The maximum atomic E-state index is 11.7. The number of ether oxygens (including phenoxy) is 1. The van der Waals surface area contributed by atoms with Crippen LogP contribution in [0.5, 0.6) is 0 Å². The van der Waals surface area contributed by atoms with Crippen LogP contribution in [0.4, 0.5) is 4.79 Å². The molecule has 5 nitrogen and oxygen atoms in total. The van der Waals surface area contributed by atoms with Crippen LogP contribution in [-0.2, 0) is 4.74 Å². The van der Waals surface area contributed by atoms with Crippen molar-refractivity contribution in [2.45, 2.75) is 39.3 Å². The minimum absolute atomic E-state index is 0.381. The lowest BCUT2D eigenvalue weighted by atomic mass is 10.0. The summed E-state index contributed by atoms with van der Waals surface area (Å²) < 4.78 is 5.15. The molecule has 0 bridgehead atoms. The molecule has 0 saturated heterocycles. The molecule has 0 radical (unpaired) electrons. The molecule has 1 amide bonds. The summed E-state index contributed by atoms with van der Waals surface area (Å²) in [5.74, 6) is 0. The van der Waals surface area contributed by atoms with E-state index >= 15 is 0 Å². The van der Waals surface area contributed by atoms with Crippen molar-refractivity contribution in [1.82, 2.24) is 5.32 Å². The van der Waals surface area contributed by atoms with E-state index in [4.69, 9.17) is 9.94 Å². The Kier molecular flexibility index (Phi) is 4.92. The third-order valence-corrected chi connectivity index (χ3v) is 2.32. The predicted octanol–water partition coefficient (Wildman–Crippen LogP) is 2.78. The number of benzene rings is 1. The van der Waals surface area contributed by atoms with E-state index in [2.05, 4.69) is 10.5 Å². The van der Waals surface area contributed by atoms with E-state index in [9.17, 15) is 4.79 Å². The van der Waals surface area contributed by atoms with Gasteiger partial charge in [-0.15, -0.1) is 0 Å². The molecule has 1 rings (SSSR count). The fourth-order valence-electron chi connectivity index (χ4n) is 1.56. The number of hydrogen-bond acceptors (Lipinski definition) is 4. The fourth-order valence-corrected chi connectivity index (χ4v) is 1.56. The highest BCUT2D eigenvalue weighted by Gasteiger charge is 2.20. The average Bonchev–Trinajstić information content (AvgIpc) is 2.28. The predicted molar refractivity (Wildman–Crippen MR) is 73.6 cm³/mol. The largest absolute Gasteiger partial charge is 0.444 e. The first-order chi connectivity index (χ1) is 8.83. The second-order valence-electron chi connectivity index (χ2n) is 5.22. The van der Waals surface area contributed by atoms with Crippen LogP contribution >= 0.6 is 0 Å². The van der Waals surface area contributed by atoms with E-state index < -0.39 is 17.7 Å². The SMILES string of the molecule is C[C@H](NC(=O)OC(C)(C)C)/C(=N\O)c1ccccc1. The lowest BCUT2D eigenvalue weighted by molar-refractivity contribution is 0.0521. The van der Waals surface area contributed by atoms with Crippen LogP contribution in [0.25, 0.3) is 0 Å². The van der Waals surface area contributed by atoms with Gasteiger partial charge in [-0.1, -0.05) is 35.5 Å². The Morgan fingerprint density at radius 1 is 1.32 bits per heavy atom. The third-order valence-electron chi connectivity index (χ3n) is 2.32. The van der Waals surface area contributed by atoms with Gasteiger partial charge in [0.25, 0.3) is 0 Å². The number of nitrogens with one attached hydrogen (secondary N) is 1. The number of amides is 1. The summed E-state index contributed by atoms with van der Waals surface area (Å²) in [6.07, 6.45) is -0.544. The summed E-state index contributed by atoms with van der Waals surface area (Å²) in [7, 11) is 0. The summed E-state index contributed by atoms with van der Waals surface area (Å²) in [5, 5.41) is 15.0. The molecule has 0 aliphatic rings. The van der Waals surface area contributed by atoms with Crippen LogP contribution in [0.2, 0.25) is 0 Å². The number of nitrogens with zero attached hydrogens (tertiary/aromatic N) is 1. The molecular formula is C14H20N2O3. The molecule has 0 unspecified atom stereocenters. The Balaban J connectivity index is 2.72. The van der Waals surface area contributed by atoms with Crippen molar-refractivity contribution in [3.05, 3.63) is 35.9 Å². The highest BCUT2D eigenvalue weighted by Crippen LogP contribution is 2.08. The molecule has 0 aliphatic carbocycles. The van der Waals surface area contributed by atoms with Gasteiger partial charge in [0.05, 0.1) is 6.04 Å². The first kappa shape index (κ1) is 15.0. The first-order valence-electron chi connectivity index (χ1n) is 6.10. The molecule has 0 spiro atoms. The Bertz CT molecular complexity index is 450. The molecule has 0 heterocycles. The van der Waals surface area contributed by atoms with Crippen molar-refractivity contribution in [3.63, 3.8) is 0 Å². The summed E-state index contributed by atoms with van der Waals surface area (Å²) in [5.41, 5.74) is 0.563. The van der Waals surface area contributed by atoms with Crippen molar-refractivity contribution in [3.8, 4) is 0 Å². The van der Waals surface area contributed by atoms with E-state index in [0.717, 1.165) is 5.56 Å². The quantitative estimate of drug-likeness (QED) is 0.501. The van der Waals surface area contributed by atoms with Crippen LogP contribution < -0.4 is 5.32 Å². The molecule has 19 heavy (non-hydrogen) atoms. The van der Waals surface area contributed by atoms with Crippen molar-refractivity contribution < 1.29 is 14.7 Å². The monoisotopic (exact) mass is 264 g/mol. The van der Waals surface area contributed by atoms with Gasteiger partial charge in [-0.3, -0.25) is 0 Å². The Morgan fingerprint density at radius 2 is 1.89 bits per heavy atom. The molecule has 0 aliphatic heterocycles. The molecule has 5 heteroatoms. The van der Waals surface area contributed by atoms with E-state index in [0.29, 0.717) is 5.71 Å². The molecule has 0 saturated carbocycles. The van der Waals surface area contributed by atoms with Crippen LogP contribution in [0.3, 0.4) is 0 Å². The summed E-state index contributed by atoms with van der Waals surface area (Å²) >= 11 is 0. The van der Waals surface area contributed by atoms with Crippen molar-refractivity contribution in [2.24, 2.45) is 5.16 Å². The molecule has 1 atom stereocenters. The van der Waals surface area contributed by atoms with Crippen LogP contribution in [0.15, 0.2) is 35.5 Å². The summed E-state index contributed by atoms with van der Waals surface area (Å²) in [6.45, 7) is 7.09. The van der Waals surface area contributed by atoms with Crippen molar-refractivity contribution in [2.75, 3.05) is 0 Å². The summed E-state index contributed by atoms with van der Waals surface area (Å²) in [6, 6.07) is 8.69. The number of oxime groups is 1. The van der Waals surface area contributed by atoms with Crippen LogP contribution in [-0.4, -0.2) is 28.7 Å². The van der Waals surface area contributed by atoms with Gasteiger partial charge in [0.2, 0.25) is 0 Å². The Labute approximate surface area is 113 Å². The number of hydrogen-bond donors (Lipinski definition) is 2. The van der Waals surface area contributed by atoms with Gasteiger partial charge in [-0.2, -0.15) is 0 Å². The van der Waals surface area contributed by atoms with Crippen LogP contribution in [0.1, 0.15) is 33.3 Å². The highest BCUT2D eigenvalue weighted by molar-refractivity contribution is 6.04. The smallest absolute Gasteiger partial charge is 0.408 e. The molecule has 1 aromatic rings. The minimum atomic E-state index is -0.562. The van der Waals surface area contributed by atoms with Gasteiger partial charge in [-0.25, -0.2) is 4.79 Å². The third kappa shape index (κ3) is 4.99. The van der Waals surface area contributed by atoms with Gasteiger partial charge in [-0.05, 0) is 27.7 Å². The Morgan fingerprint density at radius 3 is 2.37 bits per heavy atom. The molecule has 2 N–H and O–H groups in total. The molecule has 104 valence electrons. The Hall–Kier alpha value is -2.04. The van der Waals surface area contributed by atoms with Crippen molar-refractivity contribution >= 4 is 11.8 Å². The zero-order valence-corrected chi connectivity index (χ0v) is 11.7. The van der Waals surface area contributed by atoms with Gasteiger partial charge in [0.1, 0.15) is 11.3 Å². The van der Waals surface area contributed by atoms with Gasteiger partial charge < -0.3 is 15.3 Å². The maximum Gasteiger partial charge on any atom is 0.408 e.